The minimum absolute atomic E-state index is 0.0762. The van der Waals surface area contributed by atoms with E-state index in [9.17, 15) is 4.79 Å². The largest absolute Gasteiger partial charge is 0.314 e. The van der Waals surface area contributed by atoms with E-state index in [1.54, 1.807) is 6.92 Å². The standard InChI is InChI=1S/C14H20N2O/c1-10(2)6-5-7-11(3)15-12(4)16-14(17)13-8-9-13/h5-7,13H,3,8-9H2,1-2,4H3,(H,15,16,17)/b7-5-. The van der Waals surface area contributed by atoms with Crippen LogP contribution in [0.25, 0.3) is 0 Å². The second-order valence-electron chi connectivity index (χ2n) is 4.56. The van der Waals surface area contributed by atoms with Crippen molar-refractivity contribution in [3.8, 4) is 0 Å². The summed E-state index contributed by atoms with van der Waals surface area (Å²) >= 11 is 0. The van der Waals surface area contributed by atoms with Crippen molar-refractivity contribution in [2.75, 3.05) is 0 Å². The molecule has 0 aromatic carbocycles. The Hall–Kier alpha value is -1.64. The van der Waals surface area contributed by atoms with Crippen molar-refractivity contribution in [3.63, 3.8) is 0 Å². The molecule has 3 heteroatoms. The Kier molecular flexibility index (Phi) is 4.88. The summed E-state index contributed by atoms with van der Waals surface area (Å²) in [7, 11) is 0. The Morgan fingerprint density at radius 2 is 2.00 bits per heavy atom. The third kappa shape index (κ3) is 5.85. The average Bonchev–Trinajstić information content (AvgIpc) is 2.98. The van der Waals surface area contributed by atoms with Gasteiger partial charge in [0.25, 0.3) is 0 Å². The van der Waals surface area contributed by atoms with Gasteiger partial charge in [0.05, 0.1) is 5.70 Å². The minimum Gasteiger partial charge on any atom is -0.314 e. The third-order valence-electron chi connectivity index (χ3n) is 2.28. The zero-order chi connectivity index (χ0) is 12.8. The first kappa shape index (κ1) is 13.4. The molecule has 1 fully saturated rings. The Morgan fingerprint density at radius 3 is 2.53 bits per heavy atom. The van der Waals surface area contributed by atoms with Gasteiger partial charge in [-0.3, -0.25) is 4.79 Å². The van der Waals surface area contributed by atoms with Crippen LogP contribution in [0.4, 0.5) is 0 Å². The molecule has 0 saturated heterocycles. The zero-order valence-corrected chi connectivity index (χ0v) is 10.8. The van der Waals surface area contributed by atoms with Crippen LogP contribution in [-0.4, -0.2) is 11.7 Å². The van der Waals surface area contributed by atoms with Crippen molar-refractivity contribution in [1.82, 2.24) is 5.32 Å². The van der Waals surface area contributed by atoms with Crippen LogP contribution < -0.4 is 5.32 Å². The highest BCUT2D eigenvalue weighted by Gasteiger charge is 2.29. The molecule has 0 unspecified atom stereocenters. The number of nitrogens with zero attached hydrogens (tertiary/aromatic N) is 1. The number of amides is 1. The lowest BCUT2D eigenvalue weighted by atomic mass is 10.3. The van der Waals surface area contributed by atoms with E-state index in [2.05, 4.69) is 16.9 Å². The summed E-state index contributed by atoms with van der Waals surface area (Å²) in [5.41, 5.74) is 1.85. The summed E-state index contributed by atoms with van der Waals surface area (Å²) in [5.74, 6) is 0.885. The van der Waals surface area contributed by atoms with E-state index >= 15 is 0 Å². The molecular formula is C14H20N2O. The van der Waals surface area contributed by atoms with Crippen molar-refractivity contribution in [2.45, 2.75) is 33.6 Å². The molecule has 0 heterocycles. The van der Waals surface area contributed by atoms with E-state index in [0.717, 1.165) is 12.8 Å². The van der Waals surface area contributed by atoms with Crippen LogP contribution in [0.3, 0.4) is 0 Å². The number of carbonyl (C=O) groups is 1. The molecule has 0 bridgehead atoms. The predicted molar refractivity (Wildman–Crippen MR) is 71.7 cm³/mol. The molecule has 1 amide bonds. The first-order valence-corrected chi connectivity index (χ1v) is 5.85. The first-order valence-electron chi connectivity index (χ1n) is 5.85. The maximum Gasteiger partial charge on any atom is 0.228 e. The zero-order valence-electron chi connectivity index (χ0n) is 10.8. The second-order valence-corrected chi connectivity index (χ2v) is 4.56. The van der Waals surface area contributed by atoms with Crippen LogP contribution in [-0.2, 0) is 4.79 Å². The van der Waals surface area contributed by atoms with Crippen LogP contribution in [0.2, 0.25) is 0 Å². The highest BCUT2D eigenvalue weighted by molar-refractivity contribution is 5.99. The highest BCUT2D eigenvalue weighted by atomic mass is 16.2. The third-order valence-corrected chi connectivity index (χ3v) is 2.28. The first-order chi connectivity index (χ1) is 7.99. The molecule has 1 aliphatic rings. The smallest absolute Gasteiger partial charge is 0.228 e. The Labute approximate surface area is 103 Å². The molecule has 0 aromatic heterocycles. The number of rotatable bonds is 4. The molecule has 1 N–H and O–H groups in total. The van der Waals surface area contributed by atoms with Crippen molar-refractivity contribution in [1.29, 1.82) is 0 Å². The molecule has 17 heavy (non-hydrogen) atoms. The van der Waals surface area contributed by atoms with Gasteiger partial charge in [-0.05, 0) is 39.7 Å². The van der Waals surface area contributed by atoms with E-state index in [1.165, 1.54) is 5.57 Å². The van der Waals surface area contributed by atoms with Gasteiger partial charge in [0.1, 0.15) is 5.84 Å². The molecule has 0 atom stereocenters. The number of nitrogens with one attached hydrogen (secondary N) is 1. The van der Waals surface area contributed by atoms with E-state index < -0.39 is 0 Å². The minimum atomic E-state index is 0.0762. The quantitative estimate of drug-likeness (QED) is 0.452. The fraction of sp³-hybridized carbons (Fsp3) is 0.429. The molecule has 0 spiro atoms. The van der Waals surface area contributed by atoms with Crippen LogP contribution >= 0.6 is 0 Å². The molecular weight excluding hydrogens is 212 g/mol. The van der Waals surface area contributed by atoms with Gasteiger partial charge in [-0.25, -0.2) is 4.99 Å². The number of aliphatic imine (C=N–C) groups is 1. The molecule has 0 radical (unpaired) electrons. The summed E-state index contributed by atoms with van der Waals surface area (Å²) < 4.78 is 0. The van der Waals surface area contributed by atoms with Gasteiger partial charge in [0.2, 0.25) is 5.91 Å². The maximum absolute atomic E-state index is 11.5. The lowest BCUT2D eigenvalue weighted by Crippen LogP contribution is -2.29. The van der Waals surface area contributed by atoms with Gasteiger partial charge in [0.15, 0.2) is 0 Å². The number of hydrogen-bond donors (Lipinski definition) is 1. The molecule has 3 nitrogen and oxygen atoms in total. The summed E-state index contributed by atoms with van der Waals surface area (Å²) in [6, 6.07) is 0. The van der Waals surface area contributed by atoms with E-state index in [0.29, 0.717) is 11.5 Å². The molecule has 0 aromatic rings. The number of amidine groups is 1. The topological polar surface area (TPSA) is 41.5 Å². The Morgan fingerprint density at radius 1 is 1.35 bits per heavy atom. The number of allylic oxidation sites excluding steroid dienone is 4. The van der Waals surface area contributed by atoms with E-state index in [-0.39, 0.29) is 11.8 Å². The second kappa shape index (κ2) is 6.18. The highest BCUT2D eigenvalue weighted by Crippen LogP contribution is 2.28. The summed E-state index contributed by atoms with van der Waals surface area (Å²) in [6.07, 6.45) is 7.71. The van der Waals surface area contributed by atoms with Crippen molar-refractivity contribution >= 4 is 11.7 Å². The lowest BCUT2D eigenvalue weighted by molar-refractivity contribution is -0.120. The monoisotopic (exact) mass is 232 g/mol. The average molecular weight is 232 g/mol. The normalized spacial score (nSPS) is 15.8. The van der Waals surface area contributed by atoms with Crippen LogP contribution in [0.1, 0.15) is 33.6 Å². The Balaban J connectivity index is 2.44. The van der Waals surface area contributed by atoms with Gasteiger partial charge in [0, 0.05) is 5.92 Å². The van der Waals surface area contributed by atoms with Gasteiger partial charge in [-0.2, -0.15) is 0 Å². The van der Waals surface area contributed by atoms with Crippen molar-refractivity contribution < 1.29 is 4.79 Å². The predicted octanol–water partition coefficient (Wildman–Crippen LogP) is 2.97. The van der Waals surface area contributed by atoms with Gasteiger partial charge in [-0.1, -0.05) is 24.3 Å². The Bertz CT molecular complexity index is 394. The summed E-state index contributed by atoms with van der Waals surface area (Å²) in [5, 5.41) is 2.77. The lowest BCUT2D eigenvalue weighted by Gasteiger charge is -2.02. The summed E-state index contributed by atoms with van der Waals surface area (Å²) in [4.78, 5) is 15.6. The van der Waals surface area contributed by atoms with Crippen LogP contribution in [0.5, 0.6) is 0 Å². The molecule has 1 saturated carbocycles. The van der Waals surface area contributed by atoms with Crippen molar-refractivity contribution in [3.05, 3.63) is 36.1 Å². The number of hydrogen-bond acceptors (Lipinski definition) is 2. The SMILES string of the molecule is C=C(/C=C\C=C(C)C)N=C(C)NC(=O)C1CC1. The summed E-state index contributed by atoms with van der Waals surface area (Å²) in [6.45, 7) is 9.63. The van der Waals surface area contributed by atoms with Gasteiger partial charge >= 0.3 is 0 Å². The molecule has 92 valence electrons. The molecule has 0 aliphatic heterocycles. The fourth-order valence-corrected chi connectivity index (χ4v) is 1.26. The fourth-order valence-electron chi connectivity index (χ4n) is 1.26. The van der Waals surface area contributed by atoms with Crippen LogP contribution in [0.15, 0.2) is 41.1 Å². The van der Waals surface area contributed by atoms with E-state index in [1.807, 2.05) is 32.1 Å². The van der Waals surface area contributed by atoms with Crippen molar-refractivity contribution in [2.24, 2.45) is 10.9 Å². The molecule has 1 aliphatic carbocycles. The number of carbonyl (C=O) groups excluding carboxylic acids is 1. The van der Waals surface area contributed by atoms with Crippen LogP contribution in [0, 0.1) is 5.92 Å². The molecule has 1 rings (SSSR count). The van der Waals surface area contributed by atoms with E-state index in [4.69, 9.17) is 0 Å². The maximum atomic E-state index is 11.5. The van der Waals surface area contributed by atoms with Gasteiger partial charge in [-0.15, -0.1) is 0 Å². The van der Waals surface area contributed by atoms with Gasteiger partial charge < -0.3 is 5.32 Å².